The highest BCUT2D eigenvalue weighted by Gasteiger charge is 2.27. The molecule has 0 saturated carbocycles. The van der Waals surface area contributed by atoms with Crippen molar-refractivity contribution >= 4 is 62.3 Å². The number of anilines is 2. The third-order valence-corrected chi connectivity index (χ3v) is 9.91. The zero-order valence-electron chi connectivity index (χ0n) is 23.5. The number of carboxylic acids is 1. The number of aromatic carboxylic acids is 1. The first-order valence-electron chi connectivity index (χ1n) is 14.1. The van der Waals surface area contributed by atoms with Crippen molar-refractivity contribution in [3.8, 4) is 6.07 Å². The Hall–Kier alpha value is -4.91. The Morgan fingerprint density at radius 1 is 0.932 bits per heavy atom. The molecule has 0 fully saturated rings. The molecular formula is C35H27N3O4S2. The molecule has 1 aliphatic carbocycles. The molecule has 0 saturated heterocycles. The molecule has 1 unspecified atom stereocenters. The average molecular weight is 618 g/mol. The number of rotatable bonds is 8. The summed E-state index contributed by atoms with van der Waals surface area (Å²) in [6, 6.07) is 29.9. The van der Waals surface area contributed by atoms with E-state index in [1.807, 2.05) is 12.1 Å². The standard InChI is InChI=1S/C35H27N3O4S2/c36-19-29-26-16-15-23(21-7-2-1-3-8-21)17-30(26)44-34(29)38-31(39)20-43-25-12-6-11-24(18-25)37-33(40)27-13-4-9-22-10-5-14-28(32(22)27)35(41)42/h1-14,18,23H,15-17,20H2,(H,37,40)(H,38,39)(H,41,42). The highest BCUT2D eigenvalue weighted by atomic mass is 32.2. The number of benzene rings is 4. The number of carbonyl (C=O) groups is 3. The molecule has 0 bridgehead atoms. The van der Waals surface area contributed by atoms with Crippen LogP contribution in [-0.2, 0) is 17.6 Å². The topological polar surface area (TPSA) is 119 Å². The fourth-order valence-electron chi connectivity index (χ4n) is 5.68. The summed E-state index contributed by atoms with van der Waals surface area (Å²) in [5.41, 5.74) is 3.77. The molecule has 218 valence electrons. The van der Waals surface area contributed by atoms with Crippen LogP contribution in [0.3, 0.4) is 0 Å². The molecule has 1 aliphatic rings. The Labute approximate surface area is 262 Å². The van der Waals surface area contributed by atoms with E-state index < -0.39 is 11.9 Å². The second-order valence-corrected chi connectivity index (χ2v) is 12.7. The summed E-state index contributed by atoms with van der Waals surface area (Å²) in [5, 5.41) is 27.0. The summed E-state index contributed by atoms with van der Waals surface area (Å²) in [5.74, 6) is -1.21. The highest BCUT2D eigenvalue weighted by molar-refractivity contribution is 8.00. The van der Waals surface area contributed by atoms with Gasteiger partial charge in [-0.2, -0.15) is 5.26 Å². The van der Waals surface area contributed by atoms with Gasteiger partial charge in [0.1, 0.15) is 11.1 Å². The van der Waals surface area contributed by atoms with Crippen LogP contribution in [0.4, 0.5) is 10.7 Å². The lowest BCUT2D eigenvalue weighted by atomic mass is 9.83. The van der Waals surface area contributed by atoms with Gasteiger partial charge in [0.2, 0.25) is 5.91 Å². The molecule has 1 heterocycles. The number of hydrogen-bond donors (Lipinski definition) is 3. The van der Waals surface area contributed by atoms with E-state index >= 15 is 0 Å². The quantitative estimate of drug-likeness (QED) is 0.153. The Balaban J connectivity index is 1.11. The van der Waals surface area contributed by atoms with Gasteiger partial charge in [-0.25, -0.2) is 4.79 Å². The van der Waals surface area contributed by atoms with Crippen molar-refractivity contribution in [2.45, 2.75) is 30.1 Å². The van der Waals surface area contributed by atoms with Crippen LogP contribution in [0.5, 0.6) is 0 Å². The van der Waals surface area contributed by atoms with E-state index in [0.717, 1.165) is 34.6 Å². The Morgan fingerprint density at radius 3 is 2.43 bits per heavy atom. The fourth-order valence-corrected chi connectivity index (χ4v) is 7.73. The van der Waals surface area contributed by atoms with Crippen molar-refractivity contribution in [1.29, 1.82) is 5.26 Å². The van der Waals surface area contributed by atoms with E-state index in [-0.39, 0.29) is 22.8 Å². The molecule has 9 heteroatoms. The molecule has 0 aliphatic heterocycles. The van der Waals surface area contributed by atoms with Gasteiger partial charge in [0.25, 0.3) is 5.91 Å². The van der Waals surface area contributed by atoms with Gasteiger partial charge in [0, 0.05) is 26.4 Å². The van der Waals surface area contributed by atoms with Gasteiger partial charge in [-0.15, -0.1) is 23.1 Å². The van der Waals surface area contributed by atoms with E-state index in [4.69, 9.17) is 0 Å². The number of thioether (sulfide) groups is 1. The van der Waals surface area contributed by atoms with Crippen molar-refractivity contribution in [3.63, 3.8) is 0 Å². The molecule has 5 aromatic rings. The molecule has 0 spiro atoms. The number of thiophene rings is 1. The number of nitrogens with zero attached hydrogens (tertiary/aromatic N) is 1. The summed E-state index contributed by atoms with van der Waals surface area (Å²) < 4.78 is 0. The van der Waals surface area contributed by atoms with Gasteiger partial charge < -0.3 is 15.7 Å². The molecule has 2 amide bonds. The number of fused-ring (bicyclic) bond motifs is 2. The van der Waals surface area contributed by atoms with Gasteiger partial charge >= 0.3 is 5.97 Å². The monoisotopic (exact) mass is 617 g/mol. The fraction of sp³-hybridized carbons (Fsp3) is 0.143. The van der Waals surface area contributed by atoms with Crippen LogP contribution < -0.4 is 10.6 Å². The summed E-state index contributed by atoms with van der Waals surface area (Å²) >= 11 is 2.82. The predicted molar refractivity (Wildman–Crippen MR) is 175 cm³/mol. The molecule has 1 aromatic heterocycles. The molecular weight excluding hydrogens is 591 g/mol. The van der Waals surface area contributed by atoms with Crippen LogP contribution in [-0.4, -0.2) is 28.6 Å². The Bertz CT molecular complexity index is 1940. The number of carboxylic acid groups (broad SMARTS) is 1. The minimum Gasteiger partial charge on any atom is -0.478 e. The summed E-state index contributed by atoms with van der Waals surface area (Å²) in [6.07, 6.45) is 2.64. The van der Waals surface area contributed by atoms with Crippen LogP contribution >= 0.6 is 23.1 Å². The first kappa shape index (κ1) is 29.2. The lowest BCUT2D eigenvalue weighted by Crippen LogP contribution is -2.14. The van der Waals surface area contributed by atoms with E-state index in [2.05, 4.69) is 41.0 Å². The molecule has 1 atom stereocenters. The maximum atomic E-state index is 13.2. The SMILES string of the molecule is N#Cc1c(NC(=O)CSc2cccc(NC(=O)c3cccc4cccc(C(=O)O)c34)c2)sc2c1CCC(c1ccccc1)C2. The van der Waals surface area contributed by atoms with Gasteiger partial charge in [0.15, 0.2) is 0 Å². The van der Waals surface area contributed by atoms with Crippen molar-refractivity contribution in [2.24, 2.45) is 0 Å². The van der Waals surface area contributed by atoms with E-state index in [9.17, 15) is 24.8 Å². The zero-order valence-corrected chi connectivity index (χ0v) is 25.1. The van der Waals surface area contributed by atoms with Crippen LogP contribution in [0.1, 0.15) is 54.6 Å². The molecule has 4 aromatic carbocycles. The summed E-state index contributed by atoms with van der Waals surface area (Å²) in [6.45, 7) is 0. The maximum absolute atomic E-state index is 13.2. The van der Waals surface area contributed by atoms with Crippen molar-refractivity contribution in [1.82, 2.24) is 0 Å². The molecule has 44 heavy (non-hydrogen) atoms. The normalized spacial score (nSPS) is 13.9. The minimum atomic E-state index is -1.10. The summed E-state index contributed by atoms with van der Waals surface area (Å²) in [7, 11) is 0. The average Bonchev–Trinajstić information content (AvgIpc) is 3.39. The predicted octanol–water partition coefficient (Wildman–Crippen LogP) is 7.73. The second-order valence-electron chi connectivity index (χ2n) is 10.5. The smallest absolute Gasteiger partial charge is 0.336 e. The van der Waals surface area contributed by atoms with E-state index in [1.54, 1.807) is 48.5 Å². The van der Waals surface area contributed by atoms with Gasteiger partial charge in [-0.05, 0) is 72.0 Å². The lowest BCUT2D eigenvalue weighted by molar-refractivity contribution is -0.113. The maximum Gasteiger partial charge on any atom is 0.336 e. The number of nitrogens with one attached hydrogen (secondary N) is 2. The molecule has 3 N–H and O–H groups in total. The second kappa shape index (κ2) is 12.8. The van der Waals surface area contributed by atoms with Gasteiger partial charge in [0.05, 0.1) is 16.9 Å². The third kappa shape index (κ3) is 6.09. The van der Waals surface area contributed by atoms with Crippen molar-refractivity contribution in [3.05, 3.63) is 124 Å². The first-order valence-corrected chi connectivity index (χ1v) is 15.9. The Kier molecular flexibility index (Phi) is 8.46. The van der Waals surface area contributed by atoms with Crippen LogP contribution in [0.15, 0.2) is 95.9 Å². The molecule has 0 radical (unpaired) electrons. The van der Waals surface area contributed by atoms with Gasteiger partial charge in [-0.3, -0.25) is 9.59 Å². The molecule has 7 nitrogen and oxygen atoms in total. The van der Waals surface area contributed by atoms with Crippen molar-refractivity contribution in [2.75, 3.05) is 16.4 Å². The largest absolute Gasteiger partial charge is 0.478 e. The molecule has 6 rings (SSSR count). The first-order chi connectivity index (χ1) is 21.4. The van der Waals surface area contributed by atoms with E-state index in [1.165, 1.54) is 34.7 Å². The van der Waals surface area contributed by atoms with E-state index in [0.29, 0.717) is 32.9 Å². The van der Waals surface area contributed by atoms with Crippen LogP contribution in [0.25, 0.3) is 10.8 Å². The summed E-state index contributed by atoms with van der Waals surface area (Å²) in [4.78, 5) is 39.9. The number of hydrogen-bond acceptors (Lipinski definition) is 6. The van der Waals surface area contributed by atoms with Crippen LogP contribution in [0, 0.1) is 11.3 Å². The highest BCUT2D eigenvalue weighted by Crippen LogP contribution is 2.42. The third-order valence-electron chi connectivity index (χ3n) is 7.74. The number of nitriles is 1. The number of carbonyl (C=O) groups excluding carboxylic acids is 2. The zero-order chi connectivity index (χ0) is 30.6. The van der Waals surface area contributed by atoms with Crippen molar-refractivity contribution < 1.29 is 19.5 Å². The lowest BCUT2D eigenvalue weighted by Gasteiger charge is -2.22. The van der Waals surface area contributed by atoms with Gasteiger partial charge in [-0.1, -0.05) is 60.7 Å². The van der Waals surface area contributed by atoms with Crippen LogP contribution in [0.2, 0.25) is 0 Å². The number of amides is 2. The Morgan fingerprint density at radius 2 is 1.68 bits per heavy atom. The minimum absolute atomic E-state index is 0.0609.